The number of para-hydroxylation sites is 1. The quantitative estimate of drug-likeness (QED) is 0.545. The number of rotatable bonds is 3. The standard InChI is InChI=1S/C10H8N4O4/c15-9-7(14(17)18)8(12-10(16)13-9)11-6-4-2-1-3-5-6/h1-5H,(H3,11,12,13,15,16). The van der Waals surface area contributed by atoms with Gasteiger partial charge in [-0.05, 0) is 12.1 Å². The van der Waals surface area contributed by atoms with Crippen LogP contribution in [0.1, 0.15) is 0 Å². The van der Waals surface area contributed by atoms with E-state index in [-0.39, 0.29) is 5.82 Å². The Kier molecular flexibility index (Phi) is 2.92. The lowest BCUT2D eigenvalue weighted by molar-refractivity contribution is -0.385. The zero-order valence-corrected chi connectivity index (χ0v) is 8.97. The lowest BCUT2D eigenvalue weighted by atomic mass is 10.3. The Morgan fingerprint density at radius 1 is 1.11 bits per heavy atom. The van der Waals surface area contributed by atoms with Gasteiger partial charge in [-0.3, -0.25) is 24.9 Å². The Bertz CT molecular complexity index is 689. The van der Waals surface area contributed by atoms with Gasteiger partial charge in [-0.2, -0.15) is 0 Å². The molecular formula is C10H8N4O4. The summed E-state index contributed by atoms with van der Waals surface area (Å²) < 4.78 is 0. The minimum absolute atomic E-state index is 0.250. The van der Waals surface area contributed by atoms with Gasteiger partial charge in [0.05, 0.1) is 4.92 Å². The maximum Gasteiger partial charge on any atom is 0.374 e. The Balaban J connectivity index is 2.54. The molecule has 0 amide bonds. The van der Waals surface area contributed by atoms with Crippen molar-refractivity contribution >= 4 is 17.2 Å². The van der Waals surface area contributed by atoms with Gasteiger partial charge in [0.15, 0.2) is 5.82 Å². The molecule has 0 aliphatic rings. The van der Waals surface area contributed by atoms with Crippen molar-refractivity contribution in [1.29, 1.82) is 0 Å². The van der Waals surface area contributed by atoms with E-state index in [1.54, 1.807) is 35.3 Å². The van der Waals surface area contributed by atoms with E-state index in [0.29, 0.717) is 5.69 Å². The minimum atomic E-state index is -1.05. The molecule has 0 fully saturated rings. The highest BCUT2D eigenvalue weighted by Crippen LogP contribution is 2.19. The summed E-state index contributed by atoms with van der Waals surface area (Å²) in [5.74, 6) is -0.250. The molecule has 0 spiro atoms. The number of hydrogen-bond donors (Lipinski definition) is 3. The predicted molar refractivity (Wildman–Crippen MR) is 64.1 cm³/mol. The molecule has 92 valence electrons. The van der Waals surface area contributed by atoms with Crippen molar-refractivity contribution in [3.05, 3.63) is 61.3 Å². The largest absolute Gasteiger partial charge is 0.374 e. The number of nitrogens with one attached hydrogen (secondary N) is 3. The van der Waals surface area contributed by atoms with Crippen molar-refractivity contribution in [3.63, 3.8) is 0 Å². The van der Waals surface area contributed by atoms with Crippen LogP contribution in [0, 0.1) is 10.1 Å². The van der Waals surface area contributed by atoms with Crippen LogP contribution in [0.2, 0.25) is 0 Å². The lowest BCUT2D eigenvalue weighted by Crippen LogP contribution is -2.25. The maximum absolute atomic E-state index is 11.3. The van der Waals surface area contributed by atoms with E-state index in [1.165, 1.54) is 0 Å². The number of anilines is 2. The fraction of sp³-hybridized carbons (Fsp3) is 0. The molecule has 0 bridgehead atoms. The van der Waals surface area contributed by atoms with Crippen molar-refractivity contribution in [2.45, 2.75) is 0 Å². The van der Waals surface area contributed by atoms with Crippen molar-refractivity contribution in [2.24, 2.45) is 0 Å². The summed E-state index contributed by atoms with van der Waals surface area (Å²) >= 11 is 0. The first kappa shape index (κ1) is 11.6. The van der Waals surface area contributed by atoms with Crippen molar-refractivity contribution in [3.8, 4) is 0 Å². The third-order valence-electron chi connectivity index (χ3n) is 2.14. The van der Waals surface area contributed by atoms with E-state index in [2.05, 4.69) is 10.3 Å². The third kappa shape index (κ3) is 2.26. The molecule has 0 radical (unpaired) electrons. The number of benzene rings is 1. The monoisotopic (exact) mass is 248 g/mol. The highest BCUT2D eigenvalue weighted by molar-refractivity contribution is 5.64. The number of nitro groups is 1. The van der Waals surface area contributed by atoms with Crippen LogP contribution in [0.3, 0.4) is 0 Å². The van der Waals surface area contributed by atoms with Gasteiger partial charge < -0.3 is 5.32 Å². The Hall–Kier alpha value is -2.90. The SMILES string of the molecule is O=c1[nH]c(Nc2ccccc2)c([N+](=O)[O-])c(=O)[nH]1. The van der Waals surface area contributed by atoms with Crippen LogP contribution in [0.4, 0.5) is 17.2 Å². The third-order valence-corrected chi connectivity index (χ3v) is 2.14. The number of aromatic nitrogens is 2. The lowest BCUT2D eigenvalue weighted by Gasteiger charge is -2.05. The van der Waals surface area contributed by atoms with Gasteiger partial charge in [0.1, 0.15) is 0 Å². The summed E-state index contributed by atoms with van der Waals surface area (Å²) in [5, 5.41) is 13.4. The molecule has 2 aromatic rings. The van der Waals surface area contributed by atoms with Gasteiger partial charge in [-0.25, -0.2) is 4.79 Å². The Morgan fingerprint density at radius 2 is 1.78 bits per heavy atom. The normalized spacial score (nSPS) is 10.0. The van der Waals surface area contributed by atoms with Crippen LogP contribution in [0.15, 0.2) is 39.9 Å². The second kappa shape index (κ2) is 4.53. The molecule has 1 heterocycles. The molecule has 18 heavy (non-hydrogen) atoms. The van der Waals surface area contributed by atoms with Crippen LogP contribution in [0.5, 0.6) is 0 Å². The van der Waals surface area contributed by atoms with E-state index >= 15 is 0 Å². The fourth-order valence-electron chi connectivity index (χ4n) is 1.41. The smallest absolute Gasteiger partial charge is 0.336 e. The Labute approximate surface area is 99.5 Å². The molecule has 8 nitrogen and oxygen atoms in total. The molecule has 0 aliphatic carbocycles. The molecule has 2 rings (SSSR count). The van der Waals surface area contributed by atoms with E-state index in [9.17, 15) is 19.7 Å². The molecule has 0 saturated heterocycles. The fourth-order valence-corrected chi connectivity index (χ4v) is 1.41. The molecule has 1 aromatic carbocycles. The van der Waals surface area contributed by atoms with Gasteiger partial charge in [-0.15, -0.1) is 0 Å². The van der Waals surface area contributed by atoms with E-state index in [1.807, 2.05) is 0 Å². The maximum atomic E-state index is 11.3. The average molecular weight is 248 g/mol. The molecule has 3 N–H and O–H groups in total. The van der Waals surface area contributed by atoms with Crippen LogP contribution >= 0.6 is 0 Å². The highest BCUT2D eigenvalue weighted by atomic mass is 16.6. The first-order chi connectivity index (χ1) is 8.58. The van der Waals surface area contributed by atoms with Crippen LogP contribution in [-0.4, -0.2) is 14.9 Å². The number of H-pyrrole nitrogens is 2. The van der Waals surface area contributed by atoms with Gasteiger partial charge in [0.2, 0.25) is 0 Å². The average Bonchev–Trinajstić information content (AvgIpc) is 2.28. The van der Waals surface area contributed by atoms with Gasteiger partial charge in [-0.1, -0.05) is 18.2 Å². The van der Waals surface area contributed by atoms with Gasteiger partial charge >= 0.3 is 16.9 Å². The summed E-state index contributed by atoms with van der Waals surface area (Å²) in [4.78, 5) is 36.3. The van der Waals surface area contributed by atoms with Crippen molar-refractivity contribution in [2.75, 3.05) is 5.32 Å². The first-order valence-electron chi connectivity index (χ1n) is 4.91. The zero-order valence-electron chi connectivity index (χ0n) is 8.97. The molecule has 0 unspecified atom stereocenters. The second-order valence-corrected chi connectivity index (χ2v) is 3.38. The molecule has 8 heteroatoms. The molecular weight excluding hydrogens is 240 g/mol. The molecule has 0 saturated carbocycles. The summed E-state index contributed by atoms with van der Waals surface area (Å²) in [6.45, 7) is 0. The summed E-state index contributed by atoms with van der Waals surface area (Å²) in [7, 11) is 0. The second-order valence-electron chi connectivity index (χ2n) is 3.38. The minimum Gasteiger partial charge on any atom is -0.336 e. The first-order valence-corrected chi connectivity index (χ1v) is 4.91. The summed E-state index contributed by atoms with van der Waals surface area (Å²) in [6.07, 6.45) is 0. The number of hydrogen-bond acceptors (Lipinski definition) is 5. The topological polar surface area (TPSA) is 121 Å². The molecule has 0 atom stereocenters. The number of nitrogens with zero attached hydrogens (tertiary/aromatic N) is 1. The van der Waals surface area contributed by atoms with Crippen LogP contribution in [-0.2, 0) is 0 Å². The number of aromatic amines is 2. The predicted octanol–water partition coefficient (Wildman–Crippen LogP) is 0.715. The summed E-state index contributed by atoms with van der Waals surface area (Å²) in [6, 6.07) is 8.46. The van der Waals surface area contributed by atoms with E-state index < -0.39 is 21.9 Å². The highest BCUT2D eigenvalue weighted by Gasteiger charge is 2.20. The molecule has 1 aromatic heterocycles. The van der Waals surface area contributed by atoms with Gasteiger partial charge in [0.25, 0.3) is 0 Å². The van der Waals surface area contributed by atoms with Crippen LogP contribution in [0.25, 0.3) is 0 Å². The summed E-state index contributed by atoms with van der Waals surface area (Å²) in [5.41, 5.74) is -2.09. The zero-order chi connectivity index (χ0) is 13.1. The van der Waals surface area contributed by atoms with E-state index in [0.717, 1.165) is 0 Å². The van der Waals surface area contributed by atoms with Crippen molar-refractivity contribution < 1.29 is 4.92 Å². The van der Waals surface area contributed by atoms with Crippen LogP contribution < -0.4 is 16.6 Å². The molecule has 0 aliphatic heterocycles. The van der Waals surface area contributed by atoms with Crippen molar-refractivity contribution in [1.82, 2.24) is 9.97 Å². The van der Waals surface area contributed by atoms with Gasteiger partial charge in [0, 0.05) is 5.69 Å². The Morgan fingerprint density at radius 3 is 2.39 bits per heavy atom. The van der Waals surface area contributed by atoms with E-state index in [4.69, 9.17) is 0 Å².